The van der Waals surface area contributed by atoms with Crippen LogP contribution < -0.4 is 0 Å². The Morgan fingerprint density at radius 3 is 2.36 bits per heavy atom. The van der Waals surface area contributed by atoms with Crippen molar-refractivity contribution in [3.63, 3.8) is 0 Å². The van der Waals surface area contributed by atoms with E-state index in [1.54, 1.807) is 6.08 Å². The van der Waals surface area contributed by atoms with Crippen LogP contribution in [0.4, 0.5) is 0 Å². The summed E-state index contributed by atoms with van der Waals surface area (Å²) in [7, 11) is 0. The smallest absolute Gasteiger partial charge is 0.484 e. The zero-order valence-corrected chi connectivity index (χ0v) is 9.00. The molecule has 0 radical (unpaired) electrons. The quantitative estimate of drug-likeness (QED) is 0.557. The Morgan fingerprint density at radius 1 is 1.55 bits per heavy atom. The summed E-state index contributed by atoms with van der Waals surface area (Å²) in [6.07, 6.45) is 9.71. The summed E-state index contributed by atoms with van der Waals surface area (Å²) in [5, 5.41) is 0. The minimum absolute atomic E-state index is 0. The molecule has 1 N–H and O–H groups in total. The van der Waals surface area contributed by atoms with Gasteiger partial charge in [-0.2, -0.15) is 24.4 Å². The zero-order chi connectivity index (χ0) is 7.66. The van der Waals surface area contributed by atoms with Gasteiger partial charge in [-0.05, 0) is 0 Å². The first-order valence-electron chi connectivity index (χ1n) is 3.07. The number of aromatic nitrogens is 1. The fourth-order valence-electron chi connectivity index (χ4n) is 0.352. The maximum absolute atomic E-state index is 4.93. The van der Waals surface area contributed by atoms with Gasteiger partial charge in [0.2, 0.25) is 0 Å². The van der Waals surface area contributed by atoms with Gasteiger partial charge in [0.25, 0.3) is 0 Å². The Kier molecular flexibility index (Phi) is 14.9. The molecule has 2 heteroatoms. The van der Waals surface area contributed by atoms with E-state index in [0.717, 1.165) is 0 Å². The van der Waals surface area contributed by atoms with Gasteiger partial charge in [0, 0.05) is 0 Å². The molecular weight excluding hydrogens is 213 g/mol. The van der Waals surface area contributed by atoms with E-state index in [-0.39, 0.29) is 26.2 Å². The van der Waals surface area contributed by atoms with Crippen LogP contribution in [0.25, 0.3) is 0 Å². The molecule has 0 unspecified atom stereocenters. The van der Waals surface area contributed by atoms with Crippen molar-refractivity contribution >= 4 is 0 Å². The fourth-order valence-corrected chi connectivity index (χ4v) is 0.352. The third-order valence-electron chi connectivity index (χ3n) is 0.746. The number of rotatable bonds is 1. The number of nitrogens with one attached hydrogen (secondary N) is 1. The van der Waals surface area contributed by atoms with Crippen LogP contribution in [0, 0.1) is 12.8 Å². The van der Waals surface area contributed by atoms with Crippen molar-refractivity contribution in [1.82, 2.24) is 4.98 Å². The Morgan fingerprint density at radius 2 is 2.27 bits per heavy atom. The summed E-state index contributed by atoms with van der Waals surface area (Å²) < 4.78 is 0. The van der Waals surface area contributed by atoms with Gasteiger partial charge in [0.05, 0.1) is 0 Å². The normalized spacial score (nSPS) is 7.73. The first-order chi connectivity index (χ1) is 4.91. The summed E-state index contributed by atoms with van der Waals surface area (Å²) in [4.78, 5) is 2.74. The monoisotopic (exact) mass is 223 g/mol. The maximum atomic E-state index is 4.93. The minimum Gasteiger partial charge on any atom is -0.484 e. The largest absolute Gasteiger partial charge is 2.00 e. The maximum Gasteiger partial charge on any atom is 2.00 e. The van der Waals surface area contributed by atoms with Gasteiger partial charge in [-0.25, -0.2) is 12.2 Å². The second-order valence-corrected chi connectivity index (χ2v) is 1.53. The molecule has 11 heavy (non-hydrogen) atoms. The first-order valence-corrected chi connectivity index (χ1v) is 3.07. The molecule has 0 aliphatic rings. The van der Waals surface area contributed by atoms with Crippen molar-refractivity contribution in [2.45, 2.75) is 6.92 Å². The van der Waals surface area contributed by atoms with Crippen molar-refractivity contribution < 1.29 is 26.2 Å². The van der Waals surface area contributed by atoms with Gasteiger partial charge in [-0.1, -0.05) is 6.92 Å². The fraction of sp³-hybridized carbons (Fsp3) is 0.111. The number of hydrogen-bond donors (Lipinski definition) is 1. The van der Waals surface area contributed by atoms with Gasteiger partial charge in [-0.3, -0.25) is 6.58 Å². The third-order valence-corrected chi connectivity index (χ3v) is 0.746. The summed E-state index contributed by atoms with van der Waals surface area (Å²) in [5.41, 5.74) is 0. The molecule has 0 aromatic carbocycles. The van der Waals surface area contributed by atoms with E-state index < -0.39 is 0 Å². The number of allylic oxidation sites excluding steroid dienone is 3. The van der Waals surface area contributed by atoms with Crippen LogP contribution in [0.5, 0.6) is 0 Å². The molecule has 56 valence electrons. The molecule has 0 saturated heterocycles. The van der Waals surface area contributed by atoms with E-state index in [4.69, 9.17) is 6.58 Å². The summed E-state index contributed by atoms with van der Waals surface area (Å²) in [5.74, 6) is 0. The molecule has 1 nitrogen and oxygen atoms in total. The van der Waals surface area contributed by atoms with Crippen LogP contribution in [0.1, 0.15) is 6.92 Å². The van der Waals surface area contributed by atoms with Gasteiger partial charge in [0.1, 0.15) is 0 Å². The summed E-state index contributed by atoms with van der Waals surface area (Å²) in [6, 6.07) is 3.71. The summed E-state index contributed by atoms with van der Waals surface area (Å²) >= 11 is 0. The third kappa shape index (κ3) is 12.8. The SMILES string of the molecule is [CH-]=CC=CC.[Zr+2].[c-]1ccc[nH]1. The average Bonchev–Trinajstić information content (AvgIpc) is 2.44. The zero-order valence-electron chi connectivity index (χ0n) is 6.54. The molecule has 0 saturated carbocycles. The van der Waals surface area contributed by atoms with Crippen molar-refractivity contribution in [2.75, 3.05) is 0 Å². The molecular formula is C9H11NZr. The predicted octanol–water partition coefficient (Wildman–Crippen LogP) is 2.36. The molecule has 1 heterocycles. The van der Waals surface area contributed by atoms with E-state index in [0.29, 0.717) is 0 Å². The van der Waals surface area contributed by atoms with E-state index in [1.807, 2.05) is 31.3 Å². The molecule has 0 aliphatic heterocycles. The number of H-pyrrole nitrogens is 1. The van der Waals surface area contributed by atoms with E-state index in [2.05, 4.69) is 11.2 Å². The van der Waals surface area contributed by atoms with Gasteiger partial charge in [-0.15, -0.1) is 6.20 Å². The molecule has 0 bridgehead atoms. The van der Waals surface area contributed by atoms with Gasteiger partial charge >= 0.3 is 26.2 Å². The Labute approximate surface area is 87.3 Å². The van der Waals surface area contributed by atoms with Crippen LogP contribution in [0.15, 0.2) is 36.6 Å². The van der Waals surface area contributed by atoms with Crippen LogP contribution in [-0.4, -0.2) is 4.98 Å². The average molecular weight is 224 g/mol. The Bertz CT molecular complexity index is 148. The molecule has 0 aliphatic carbocycles. The molecule has 0 amide bonds. The van der Waals surface area contributed by atoms with Crippen molar-refractivity contribution in [3.8, 4) is 0 Å². The first kappa shape index (κ1) is 13.2. The molecule has 1 aromatic heterocycles. The minimum atomic E-state index is 0. The standard InChI is InChI=1S/C5H7.C4H4N.Zr/c1-3-5-4-2;1-2-4-5-3-1;/h1,3-5H,2H3;1-3,5H;/q2*-1;+2. The Balaban J connectivity index is 0. The van der Waals surface area contributed by atoms with Crippen molar-refractivity contribution in [3.05, 3.63) is 49.3 Å². The second-order valence-electron chi connectivity index (χ2n) is 1.53. The molecule has 0 atom stereocenters. The summed E-state index contributed by atoms with van der Waals surface area (Å²) in [6.45, 7) is 6.85. The van der Waals surface area contributed by atoms with E-state index >= 15 is 0 Å². The van der Waals surface area contributed by atoms with Gasteiger partial charge < -0.3 is 4.98 Å². The van der Waals surface area contributed by atoms with Crippen LogP contribution in [-0.2, 0) is 26.2 Å². The second kappa shape index (κ2) is 12.3. The van der Waals surface area contributed by atoms with Crippen molar-refractivity contribution in [2.24, 2.45) is 0 Å². The predicted molar refractivity (Wildman–Crippen MR) is 43.3 cm³/mol. The van der Waals surface area contributed by atoms with Gasteiger partial charge in [0.15, 0.2) is 0 Å². The van der Waals surface area contributed by atoms with Crippen LogP contribution in [0.3, 0.4) is 0 Å². The van der Waals surface area contributed by atoms with E-state index in [9.17, 15) is 0 Å². The van der Waals surface area contributed by atoms with Crippen LogP contribution >= 0.6 is 0 Å². The molecule has 1 rings (SSSR count). The molecule has 0 spiro atoms. The van der Waals surface area contributed by atoms with E-state index in [1.165, 1.54) is 6.08 Å². The van der Waals surface area contributed by atoms with Crippen molar-refractivity contribution in [1.29, 1.82) is 0 Å². The number of aromatic amines is 1. The van der Waals surface area contributed by atoms with Crippen LogP contribution in [0.2, 0.25) is 0 Å². The Hall–Kier alpha value is -0.357. The topological polar surface area (TPSA) is 15.8 Å². The molecule has 0 fully saturated rings. The molecule has 1 aromatic rings. The number of hydrogen-bond acceptors (Lipinski definition) is 0.